The van der Waals surface area contributed by atoms with Gasteiger partial charge < -0.3 is 10.4 Å². The fourth-order valence-corrected chi connectivity index (χ4v) is 2.30. The molecule has 1 fully saturated rings. The second-order valence-corrected chi connectivity index (χ2v) is 4.60. The van der Waals surface area contributed by atoms with Gasteiger partial charge in [-0.15, -0.1) is 0 Å². The highest BCUT2D eigenvalue weighted by molar-refractivity contribution is 5.95. The molecule has 17 heavy (non-hydrogen) atoms. The number of aliphatic hydroxyl groups is 1. The van der Waals surface area contributed by atoms with Crippen LogP contribution in [0.2, 0.25) is 0 Å². The molecular weight excluding hydrogens is 216 g/mol. The van der Waals surface area contributed by atoms with Gasteiger partial charge in [0.2, 0.25) is 0 Å². The highest BCUT2D eigenvalue weighted by Gasteiger charge is 2.25. The Balaban J connectivity index is 1.91. The highest BCUT2D eigenvalue weighted by Crippen LogP contribution is 2.24. The largest absolute Gasteiger partial charge is 0.393 e. The average molecular weight is 234 g/mol. The molecule has 1 amide bonds. The molecule has 4 nitrogen and oxygen atoms in total. The Morgan fingerprint density at radius 3 is 3.06 bits per heavy atom. The number of aliphatic hydroxyl groups excluding tert-OH is 1. The highest BCUT2D eigenvalue weighted by atomic mass is 16.3. The first-order chi connectivity index (χ1) is 8.18. The Hall–Kier alpha value is -1.42. The van der Waals surface area contributed by atoms with Gasteiger partial charge in [-0.25, -0.2) is 0 Å². The molecule has 2 rings (SSSR count). The quantitative estimate of drug-likeness (QED) is 0.828. The van der Waals surface area contributed by atoms with E-state index in [0.717, 1.165) is 25.0 Å². The minimum Gasteiger partial charge on any atom is -0.393 e. The van der Waals surface area contributed by atoms with Crippen molar-refractivity contribution in [3.8, 4) is 0 Å². The van der Waals surface area contributed by atoms with Crippen LogP contribution in [0.3, 0.4) is 0 Å². The Morgan fingerprint density at radius 2 is 2.41 bits per heavy atom. The maximum absolute atomic E-state index is 11.9. The zero-order valence-electron chi connectivity index (χ0n) is 10.0. The molecule has 2 atom stereocenters. The number of nitrogens with one attached hydrogen (secondary N) is 1. The van der Waals surface area contributed by atoms with Gasteiger partial charge >= 0.3 is 0 Å². The number of hydrogen-bond donors (Lipinski definition) is 2. The van der Waals surface area contributed by atoms with E-state index in [1.165, 1.54) is 0 Å². The molecule has 0 bridgehead atoms. The van der Waals surface area contributed by atoms with E-state index in [0.29, 0.717) is 12.1 Å². The first-order valence-electron chi connectivity index (χ1n) is 6.06. The van der Waals surface area contributed by atoms with Crippen molar-refractivity contribution in [2.75, 3.05) is 6.54 Å². The van der Waals surface area contributed by atoms with E-state index in [2.05, 4.69) is 10.3 Å². The summed E-state index contributed by atoms with van der Waals surface area (Å²) in [7, 11) is 0. The smallest absolute Gasteiger partial charge is 0.253 e. The van der Waals surface area contributed by atoms with Crippen molar-refractivity contribution in [2.24, 2.45) is 5.92 Å². The summed E-state index contributed by atoms with van der Waals surface area (Å²) >= 11 is 0. The first kappa shape index (κ1) is 12.0. The Morgan fingerprint density at radius 1 is 1.59 bits per heavy atom. The molecule has 2 unspecified atom stereocenters. The first-order valence-corrected chi connectivity index (χ1v) is 6.06. The lowest BCUT2D eigenvalue weighted by Gasteiger charge is -2.15. The standard InChI is InChI=1S/C13H18N2O2/c1-9-11(5-3-7-14-9)13(17)15-8-10-4-2-6-12(10)16/h3,5,7,10,12,16H,2,4,6,8H2,1H3,(H,15,17). The molecular formula is C13H18N2O2. The summed E-state index contributed by atoms with van der Waals surface area (Å²) in [4.78, 5) is 16.0. The van der Waals surface area contributed by atoms with Crippen LogP contribution in [0, 0.1) is 12.8 Å². The van der Waals surface area contributed by atoms with E-state index >= 15 is 0 Å². The van der Waals surface area contributed by atoms with E-state index < -0.39 is 0 Å². The topological polar surface area (TPSA) is 62.2 Å². The van der Waals surface area contributed by atoms with Crippen LogP contribution in [0.15, 0.2) is 18.3 Å². The van der Waals surface area contributed by atoms with Crippen molar-refractivity contribution in [1.29, 1.82) is 0 Å². The number of carbonyl (C=O) groups excluding carboxylic acids is 1. The van der Waals surface area contributed by atoms with Gasteiger partial charge in [-0.2, -0.15) is 0 Å². The lowest BCUT2D eigenvalue weighted by molar-refractivity contribution is 0.0916. The van der Waals surface area contributed by atoms with Crippen LogP contribution < -0.4 is 5.32 Å². The van der Waals surface area contributed by atoms with E-state index in [1.54, 1.807) is 18.3 Å². The number of carbonyl (C=O) groups is 1. The maximum Gasteiger partial charge on any atom is 0.253 e. The molecule has 1 aliphatic carbocycles. The maximum atomic E-state index is 11.9. The zero-order valence-corrected chi connectivity index (χ0v) is 10.0. The molecule has 1 aromatic heterocycles. The third-order valence-corrected chi connectivity index (χ3v) is 3.40. The molecule has 92 valence electrons. The number of aromatic nitrogens is 1. The average Bonchev–Trinajstić information content (AvgIpc) is 2.72. The molecule has 1 aromatic rings. The summed E-state index contributed by atoms with van der Waals surface area (Å²) < 4.78 is 0. The summed E-state index contributed by atoms with van der Waals surface area (Å²) in [5, 5.41) is 12.5. The summed E-state index contributed by atoms with van der Waals surface area (Å²) in [6, 6.07) is 3.52. The van der Waals surface area contributed by atoms with E-state index in [4.69, 9.17) is 0 Å². The van der Waals surface area contributed by atoms with Gasteiger partial charge in [0.25, 0.3) is 5.91 Å². The molecule has 2 N–H and O–H groups in total. The normalized spacial score (nSPS) is 23.6. The van der Waals surface area contributed by atoms with Gasteiger partial charge in [0, 0.05) is 24.4 Å². The number of amides is 1. The van der Waals surface area contributed by atoms with Crippen molar-refractivity contribution in [1.82, 2.24) is 10.3 Å². The van der Waals surface area contributed by atoms with Crippen molar-refractivity contribution < 1.29 is 9.90 Å². The molecule has 0 saturated heterocycles. The molecule has 1 saturated carbocycles. The van der Waals surface area contributed by atoms with Crippen LogP contribution >= 0.6 is 0 Å². The van der Waals surface area contributed by atoms with Crippen molar-refractivity contribution >= 4 is 5.91 Å². The minimum absolute atomic E-state index is 0.102. The van der Waals surface area contributed by atoms with E-state index in [9.17, 15) is 9.90 Å². The monoisotopic (exact) mass is 234 g/mol. The molecule has 0 radical (unpaired) electrons. The van der Waals surface area contributed by atoms with Crippen LogP contribution in [0.25, 0.3) is 0 Å². The van der Waals surface area contributed by atoms with Gasteiger partial charge in [-0.3, -0.25) is 9.78 Å². The molecule has 1 heterocycles. The molecule has 0 aliphatic heterocycles. The van der Waals surface area contributed by atoms with Crippen molar-refractivity contribution in [3.63, 3.8) is 0 Å². The molecule has 0 aromatic carbocycles. The summed E-state index contributed by atoms with van der Waals surface area (Å²) in [6.45, 7) is 2.37. The second-order valence-electron chi connectivity index (χ2n) is 4.60. The van der Waals surface area contributed by atoms with E-state index in [1.807, 2.05) is 6.92 Å². The third kappa shape index (κ3) is 2.82. The van der Waals surface area contributed by atoms with Crippen LogP contribution in [0.5, 0.6) is 0 Å². The van der Waals surface area contributed by atoms with E-state index in [-0.39, 0.29) is 17.9 Å². The lowest BCUT2D eigenvalue weighted by Crippen LogP contribution is -2.32. The van der Waals surface area contributed by atoms with Gasteiger partial charge in [0.05, 0.1) is 11.7 Å². The summed E-state index contributed by atoms with van der Waals surface area (Å²) in [6.07, 6.45) is 4.31. The lowest BCUT2D eigenvalue weighted by atomic mass is 10.1. The van der Waals surface area contributed by atoms with Crippen LogP contribution in [0.1, 0.15) is 35.3 Å². The fourth-order valence-electron chi connectivity index (χ4n) is 2.30. The van der Waals surface area contributed by atoms with Crippen molar-refractivity contribution in [3.05, 3.63) is 29.6 Å². The van der Waals surface area contributed by atoms with Crippen LogP contribution in [-0.4, -0.2) is 28.6 Å². The van der Waals surface area contributed by atoms with Crippen LogP contribution in [-0.2, 0) is 0 Å². The third-order valence-electron chi connectivity index (χ3n) is 3.40. The zero-order chi connectivity index (χ0) is 12.3. The van der Waals surface area contributed by atoms with Gasteiger partial charge in [-0.1, -0.05) is 6.42 Å². The molecule has 1 aliphatic rings. The predicted molar refractivity (Wildman–Crippen MR) is 64.7 cm³/mol. The number of hydrogen-bond acceptors (Lipinski definition) is 3. The number of nitrogens with zero attached hydrogens (tertiary/aromatic N) is 1. The molecule has 0 spiro atoms. The number of rotatable bonds is 3. The van der Waals surface area contributed by atoms with Gasteiger partial charge in [-0.05, 0) is 31.9 Å². The second kappa shape index (κ2) is 5.27. The van der Waals surface area contributed by atoms with Gasteiger partial charge in [0.15, 0.2) is 0 Å². The predicted octanol–water partition coefficient (Wildman–Crippen LogP) is 1.28. The Labute approximate surface area is 101 Å². The summed E-state index contributed by atoms with van der Waals surface area (Å²) in [5.41, 5.74) is 1.34. The Kier molecular flexibility index (Phi) is 3.74. The number of aryl methyl sites for hydroxylation is 1. The minimum atomic E-state index is -0.259. The fraction of sp³-hybridized carbons (Fsp3) is 0.538. The van der Waals surface area contributed by atoms with Crippen LogP contribution in [0.4, 0.5) is 0 Å². The van der Waals surface area contributed by atoms with Gasteiger partial charge in [0.1, 0.15) is 0 Å². The number of pyridine rings is 1. The SMILES string of the molecule is Cc1ncccc1C(=O)NCC1CCCC1O. The Bertz CT molecular complexity index is 406. The van der Waals surface area contributed by atoms with Crippen molar-refractivity contribution in [2.45, 2.75) is 32.3 Å². The summed E-state index contributed by atoms with van der Waals surface area (Å²) in [5.74, 6) is 0.102. The molecule has 4 heteroatoms.